The van der Waals surface area contributed by atoms with Crippen molar-refractivity contribution in [3.63, 3.8) is 0 Å². The second-order valence-electron chi connectivity index (χ2n) is 7.85. The highest BCUT2D eigenvalue weighted by Gasteiger charge is 2.24. The third-order valence-corrected chi connectivity index (χ3v) is 6.52. The predicted octanol–water partition coefficient (Wildman–Crippen LogP) is 4.77. The molecule has 0 aliphatic carbocycles. The summed E-state index contributed by atoms with van der Waals surface area (Å²) in [5.74, 6) is -0.720. The Hall–Kier alpha value is -4.05. The molecule has 2 aromatic carbocycles. The number of esters is 1. The number of fused-ring (bicyclic) bond motifs is 1. The van der Waals surface area contributed by atoms with Crippen molar-refractivity contribution in [2.24, 2.45) is 0 Å². The molecule has 4 rings (SSSR count). The Morgan fingerprint density at radius 2 is 1.94 bits per heavy atom. The van der Waals surface area contributed by atoms with Crippen LogP contribution >= 0.6 is 11.3 Å². The van der Waals surface area contributed by atoms with E-state index in [1.165, 1.54) is 23.5 Å². The van der Waals surface area contributed by atoms with Gasteiger partial charge in [0, 0.05) is 40.7 Å². The van der Waals surface area contributed by atoms with Gasteiger partial charge in [0.2, 0.25) is 5.91 Å². The van der Waals surface area contributed by atoms with Crippen LogP contribution in [-0.2, 0) is 22.5 Å². The standard InChI is InChI=1S/C25H24N4O5S/c1-3-34-24(31)23-17(2)35-25(26-23)28(14-11-18-7-5-4-6-8-18)22(30)16-27-13-12-19-15-20(29(32)33)9-10-21(19)27/h4-10,12-13,15H,3,11,14,16H2,1-2H3. The number of non-ortho nitro benzene ring substituents is 1. The van der Waals surface area contributed by atoms with Gasteiger partial charge in [-0.15, -0.1) is 11.3 Å². The van der Waals surface area contributed by atoms with Crippen LogP contribution in [0.15, 0.2) is 60.8 Å². The van der Waals surface area contributed by atoms with Crippen molar-refractivity contribution in [1.82, 2.24) is 9.55 Å². The molecular formula is C25H24N4O5S. The summed E-state index contributed by atoms with van der Waals surface area (Å²) in [4.78, 5) is 43.2. The smallest absolute Gasteiger partial charge is 0.358 e. The first-order valence-electron chi connectivity index (χ1n) is 11.1. The maximum Gasteiger partial charge on any atom is 0.358 e. The fraction of sp³-hybridized carbons (Fsp3) is 0.240. The Labute approximate surface area is 205 Å². The molecule has 0 aliphatic heterocycles. The van der Waals surface area contributed by atoms with Crippen molar-refractivity contribution >= 4 is 44.9 Å². The monoisotopic (exact) mass is 492 g/mol. The molecule has 10 heteroatoms. The van der Waals surface area contributed by atoms with Gasteiger partial charge in [0.15, 0.2) is 10.8 Å². The van der Waals surface area contributed by atoms with E-state index in [2.05, 4.69) is 4.98 Å². The van der Waals surface area contributed by atoms with Gasteiger partial charge in [-0.25, -0.2) is 9.78 Å². The zero-order valence-corrected chi connectivity index (χ0v) is 20.2. The number of amides is 1. The van der Waals surface area contributed by atoms with Crippen LogP contribution < -0.4 is 4.90 Å². The molecule has 0 saturated heterocycles. The normalized spacial score (nSPS) is 10.9. The number of hydrogen-bond acceptors (Lipinski definition) is 7. The number of aromatic nitrogens is 2. The van der Waals surface area contributed by atoms with Gasteiger partial charge in [-0.3, -0.25) is 19.8 Å². The molecule has 0 unspecified atom stereocenters. The number of thiazole rings is 1. The van der Waals surface area contributed by atoms with E-state index in [4.69, 9.17) is 4.74 Å². The molecule has 1 amide bonds. The molecule has 0 spiro atoms. The molecular weight excluding hydrogens is 468 g/mol. The Morgan fingerprint density at radius 1 is 1.17 bits per heavy atom. The molecule has 2 aromatic heterocycles. The van der Waals surface area contributed by atoms with Gasteiger partial charge in [-0.2, -0.15) is 0 Å². The van der Waals surface area contributed by atoms with E-state index in [1.54, 1.807) is 41.6 Å². The van der Waals surface area contributed by atoms with E-state index >= 15 is 0 Å². The van der Waals surface area contributed by atoms with Crippen molar-refractivity contribution in [2.75, 3.05) is 18.1 Å². The summed E-state index contributed by atoms with van der Waals surface area (Å²) < 4.78 is 6.85. The molecule has 9 nitrogen and oxygen atoms in total. The number of carbonyl (C=O) groups is 2. The van der Waals surface area contributed by atoms with Crippen LogP contribution in [0.1, 0.15) is 27.9 Å². The second kappa shape index (κ2) is 10.5. The Morgan fingerprint density at radius 3 is 2.66 bits per heavy atom. The fourth-order valence-corrected chi connectivity index (χ4v) is 4.71. The van der Waals surface area contributed by atoms with E-state index in [0.29, 0.717) is 28.4 Å². The second-order valence-corrected chi connectivity index (χ2v) is 9.03. The summed E-state index contributed by atoms with van der Waals surface area (Å²) in [5, 5.41) is 12.2. The molecule has 35 heavy (non-hydrogen) atoms. The minimum absolute atomic E-state index is 0.00387. The van der Waals surface area contributed by atoms with E-state index < -0.39 is 10.9 Å². The van der Waals surface area contributed by atoms with Crippen molar-refractivity contribution in [2.45, 2.75) is 26.8 Å². The van der Waals surface area contributed by atoms with Crippen LogP contribution in [0, 0.1) is 17.0 Å². The first-order chi connectivity index (χ1) is 16.9. The molecule has 0 radical (unpaired) electrons. The average molecular weight is 493 g/mol. The van der Waals surface area contributed by atoms with Gasteiger partial charge in [0.1, 0.15) is 6.54 Å². The Bertz CT molecular complexity index is 1380. The van der Waals surface area contributed by atoms with E-state index in [1.807, 2.05) is 30.3 Å². The number of nitro groups is 1. The minimum Gasteiger partial charge on any atom is -0.461 e. The van der Waals surface area contributed by atoms with Crippen LogP contribution in [0.5, 0.6) is 0 Å². The van der Waals surface area contributed by atoms with Gasteiger partial charge < -0.3 is 9.30 Å². The van der Waals surface area contributed by atoms with Crippen LogP contribution in [-0.4, -0.2) is 39.5 Å². The largest absolute Gasteiger partial charge is 0.461 e. The summed E-state index contributed by atoms with van der Waals surface area (Å²) in [5.41, 5.74) is 2.00. The number of carbonyl (C=O) groups excluding carboxylic acids is 2. The van der Waals surface area contributed by atoms with E-state index in [9.17, 15) is 19.7 Å². The van der Waals surface area contributed by atoms with Gasteiger partial charge in [0.05, 0.1) is 11.5 Å². The maximum absolute atomic E-state index is 13.5. The summed E-state index contributed by atoms with van der Waals surface area (Å²) in [7, 11) is 0. The molecule has 0 atom stereocenters. The molecule has 4 aromatic rings. The third kappa shape index (κ3) is 5.38. The molecule has 0 N–H and O–H groups in total. The lowest BCUT2D eigenvalue weighted by atomic mass is 10.1. The van der Waals surface area contributed by atoms with Crippen LogP contribution in [0.4, 0.5) is 10.8 Å². The maximum atomic E-state index is 13.5. The molecule has 0 saturated carbocycles. The lowest BCUT2D eigenvalue weighted by Crippen LogP contribution is -2.35. The molecule has 180 valence electrons. The first kappa shape index (κ1) is 24.1. The topological polar surface area (TPSA) is 108 Å². The third-order valence-electron chi connectivity index (χ3n) is 5.52. The van der Waals surface area contributed by atoms with Crippen molar-refractivity contribution in [1.29, 1.82) is 0 Å². The molecule has 2 heterocycles. The van der Waals surface area contributed by atoms with Crippen LogP contribution in [0.25, 0.3) is 10.9 Å². The Balaban J connectivity index is 1.62. The van der Waals surface area contributed by atoms with Crippen LogP contribution in [0.3, 0.4) is 0 Å². The quantitative estimate of drug-likeness (QED) is 0.189. The first-order valence-corrected chi connectivity index (χ1v) is 11.9. The summed E-state index contributed by atoms with van der Waals surface area (Å²) >= 11 is 1.27. The highest BCUT2D eigenvalue weighted by molar-refractivity contribution is 7.16. The van der Waals surface area contributed by atoms with E-state index in [-0.39, 0.29) is 30.4 Å². The van der Waals surface area contributed by atoms with Gasteiger partial charge >= 0.3 is 5.97 Å². The minimum atomic E-state index is -0.513. The number of benzene rings is 2. The van der Waals surface area contributed by atoms with Gasteiger partial charge in [0.25, 0.3) is 5.69 Å². The van der Waals surface area contributed by atoms with Crippen molar-refractivity contribution in [3.8, 4) is 0 Å². The molecule has 0 aliphatic rings. The van der Waals surface area contributed by atoms with Crippen LogP contribution in [0.2, 0.25) is 0 Å². The molecule has 0 fully saturated rings. The SMILES string of the molecule is CCOC(=O)c1nc(N(CCc2ccccc2)C(=O)Cn2ccc3cc([N+](=O)[O-])ccc32)sc1C. The van der Waals surface area contributed by atoms with Gasteiger partial charge in [-0.1, -0.05) is 30.3 Å². The number of nitro benzene ring substituents is 1. The lowest BCUT2D eigenvalue weighted by molar-refractivity contribution is -0.384. The number of anilines is 1. The number of hydrogen-bond donors (Lipinski definition) is 0. The zero-order valence-electron chi connectivity index (χ0n) is 19.3. The predicted molar refractivity (Wildman–Crippen MR) is 134 cm³/mol. The molecule has 0 bridgehead atoms. The highest BCUT2D eigenvalue weighted by Crippen LogP contribution is 2.28. The van der Waals surface area contributed by atoms with Crippen molar-refractivity contribution < 1.29 is 19.2 Å². The number of ether oxygens (including phenoxy) is 1. The highest BCUT2D eigenvalue weighted by atomic mass is 32.1. The van der Waals surface area contributed by atoms with E-state index in [0.717, 1.165) is 11.1 Å². The number of aryl methyl sites for hydroxylation is 1. The lowest BCUT2D eigenvalue weighted by Gasteiger charge is -2.20. The van der Waals surface area contributed by atoms with Gasteiger partial charge in [-0.05, 0) is 38.0 Å². The zero-order chi connectivity index (χ0) is 24.9. The number of nitrogens with zero attached hydrogens (tertiary/aromatic N) is 4. The Kier molecular flexibility index (Phi) is 7.21. The summed E-state index contributed by atoms with van der Waals surface area (Å²) in [6.07, 6.45) is 2.34. The average Bonchev–Trinajstić information content (AvgIpc) is 3.43. The fourth-order valence-electron chi connectivity index (χ4n) is 3.77. The summed E-state index contributed by atoms with van der Waals surface area (Å²) in [6.45, 7) is 4.14. The van der Waals surface area contributed by atoms with Crippen molar-refractivity contribution in [3.05, 3.63) is 87.0 Å². The summed E-state index contributed by atoms with van der Waals surface area (Å²) in [6, 6.07) is 16.1. The number of rotatable bonds is 9.